The van der Waals surface area contributed by atoms with Gasteiger partial charge in [0, 0.05) is 17.5 Å². The summed E-state index contributed by atoms with van der Waals surface area (Å²) in [6.45, 7) is 0. The van der Waals surface area contributed by atoms with Crippen LogP contribution in [0, 0.1) is 5.92 Å². The van der Waals surface area contributed by atoms with E-state index < -0.39 is 0 Å². The van der Waals surface area contributed by atoms with Gasteiger partial charge < -0.3 is 10.1 Å². The zero-order chi connectivity index (χ0) is 13.2. The summed E-state index contributed by atoms with van der Waals surface area (Å²) in [4.78, 5) is 12.2. The minimum Gasteiger partial charge on any atom is -0.497 e. The lowest BCUT2D eigenvalue weighted by atomic mass is 9.86. The van der Waals surface area contributed by atoms with Crippen LogP contribution in [0.4, 0.5) is 0 Å². The van der Waals surface area contributed by atoms with Crippen molar-refractivity contribution in [3.8, 4) is 0 Å². The molecule has 3 aliphatic rings. The molecule has 2 aliphatic carbocycles. The fourth-order valence-corrected chi connectivity index (χ4v) is 2.64. The van der Waals surface area contributed by atoms with Gasteiger partial charge in [-0.25, -0.2) is 0 Å². The second-order valence-electron chi connectivity index (χ2n) is 4.94. The molecule has 0 saturated carbocycles. The Kier molecular flexibility index (Phi) is 3.11. The first-order valence-electron chi connectivity index (χ1n) is 6.62. The second-order valence-corrected chi connectivity index (χ2v) is 4.94. The van der Waals surface area contributed by atoms with E-state index in [4.69, 9.17) is 4.74 Å². The first-order valence-corrected chi connectivity index (χ1v) is 6.62. The smallest absolute Gasteiger partial charge is 0.167 e. The van der Waals surface area contributed by atoms with Crippen LogP contribution in [0.5, 0.6) is 0 Å². The summed E-state index contributed by atoms with van der Waals surface area (Å²) >= 11 is 0. The molecule has 0 aromatic rings. The number of allylic oxidation sites excluding steroid dienone is 8. The minimum absolute atomic E-state index is 0.0672. The summed E-state index contributed by atoms with van der Waals surface area (Å²) < 4.78 is 5.24. The van der Waals surface area contributed by atoms with Crippen molar-refractivity contribution in [3.63, 3.8) is 0 Å². The lowest BCUT2D eigenvalue weighted by Crippen LogP contribution is -2.33. The van der Waals surface area contributed by atoms with Crippen molar-refractivity contribution in [3.05, 3.63) is 59.2 Å². The number of hydrogen-bond donors (Lipinski definition) is 1. The second kappa shape index (κ2) is 4.92. The molecular formula is C16H17NO2. The van der Waals surface area contributed by atoms with Gasteiger partial charge in [0.15, 0.2) is 5.78 Å². The quantitative estimate of drug-likeness (QED) is 0.824. The highest BCUT2D eigenvalue weighted by molar-refractivity contribution is 5.96. The molecule has 0 aromatic heterocycles. The van der Waals surface area contributed by atoms with Crippen LogP contribution in [0.25, 0.3) is 0 Å². The molecule has 0 aromatic carbocycles. The maximum absolute atomic E-state index is 12.2. The molecule has 0 radical (unpaired) electrons. The van der Waals surface area contributed by atoms with Crippen LogP contribution in [0.1, 0.15) is 19.3 Å². The van der Waals surface area contributed by atoms with Gasteiger partial charge in [-0.05, 0) is 37.0 Å². The Hall–Kier alpha value is -2.03. The van der Waals surface area contributed by atoms with E-state index in [2.05, 4.69) is 17.5 Å². The molecule has 0 amide bonds. The number of hydrogen-bond acceptors (Lipinski definition) is 3. The lowest BCUT2D eigenvalue weighted by Gasteiger charge is -2.29. The Morgan fingerprint density at radius 3 is 3.00 bits per heavy atom. The van der Waals surface area contributed by atoms with Crippen LogP contribution in [0.15, 0.2) is 59.2 Å². The predicted molar refractivity (Wildman–Crippen MR) is 74.0 cm³/mol. The fourth-order valence-electron chi connectivity index (χ4n) is 2.64. The molecule has 1 atom stereocenters. The zero-order valence-electron chi connectivity index (χ0n) is 11.0. The van der Waals surface area contributed by atoms with Gasteiger partial charge in [0.2, 0.25) is 0 Å². The first-order chi connectivity index (χ1) is 9.28. The Bertz CT molecular complexity index is 561. The molecule has 1 heterocycles. The molecule has 0 bridgehead atoms. The van der Waals surface area contributed by atoms with Crippen LogP contribution >= 0.6 is 0 Å². The van der Waals surface area contributed by atoms with Gasteiger partial charge in [-0.1, -0.05) is 18.2 Å². The minimum atomic E-state index is -0.0672. The molecular weight excluding hydrogens is 238 g/mol. The highest BCUT2D eigenvalue weighted by Gasteiger charge is 2.29. The topological polar surface area (TPSA) is 38.3 Å². The van der Waals surface area contributed by atoms with Crippen LogP contribution in [0.3, 0.4) is 0 Å². The van der Waals surface area contributed by atoms with Crippen molar-refractivity contribution in [2.24, 2.45) is 5.92 Å². The molecule has 3 nitrogen and oxygen atoms in total. The molecule has 0 saturated heterocycles. The Morgan fingerprint density at radius 1 is 1.37 bits per heavy atom. The Balaban J connectivity index is 1.90. The summed E-state index contributed by atoms with van der Waals surface area (Å²) in [5.74, 6) is 0.939. The third-order valence-corrected chi connectivity index (χ3v) is 3.73. The van der Waals surface area contributed by atoms with Crippen LogP contribution in [-0.2, 0) is 9.53 Å². The average molecular weight is 255 g/mol. The highest BCUT2D eigenvalue weighted by atomic mass is 16.5. The zero-order valence-corrected chi connectivity index (χ0v) is 11.0. The Morgan fingerprint density at radius 2 is 2.26 bits per heavy atom. The largest absolute Gasteiger partial charge is 0.497 e. The normalized spacial score (nSPS) is 25.5. The Labute approximate surface area is 113 Å². The first kappa shape index (κ1) is 12.0. The number of carbonyl (C=O) groups is 1. The van der Waals surface area contributed by atoms with Gasteiger partial charge in [-0.3, -0.25) is 4.79 Å². The van der Waals surface area contributed by atoms with E-state index in [9.17, 15) is 4.79 Å². The number of fused-ring (bicyclic) bond motifs is 1. The summed E-state index contributed by atoms with van der Waals surface area (Å²) in [5.41, 5.74) is 3.09. The maximum atomic E-state index is 12.2. The summed E-state index contributed by atoms with van der Waals surface area (Å²) in [6.07, 6.45) is 14.6. The highest BCUT2D eigenvalue weighted by Crippen LogP contribution is 2.31. The van der Waals surface area contributed by atoms with Gasteiger partial charge in [0.05, 0.1) is 13.0 Å². The third kappa shape index (κ3) is 2.28. The van der Waals surface area contributed by atoms with Gasteiger partial charge in [0.1, 0.15) is 5.76 Å². The van der Waals surface area contributed by atoms with Crippen molar-refractivity contribution in [2.45, 2.75) is 19.3 Å². The van der Waals surface area contributed by atoms with Crippen molar-refractivity contribution in [2.75, 3.05) is 7.11 Å². The molecule has 1 unspecified atom stereocenters. The number of methoxy groups -OCH3 is 1. The van der Waals surface area contributed by atoms with Crippen molar-refractivity contribution in [1.29, 1.82) is 0 Å². The molecule has 98 valence electrons. The molecule has 3 heteroatoms. The van der Waals surface area contributed by atoms with Crippen molar-refractivity contribution in [1.82, 2.24) is 5.32 Å². The molecule has 0 spiro atoms. The van der Waals surface area contributed by atoms with Crippen molar-refractivity contribution < 1.29 is 9.53 Å². The monoisotopic (exact) mass is 255 g/mol. The lowest BCUT2D eigenvalue weighted by molar-refractivity contribution is -0.117. The van der Waals surface area contributed by atoms with Crippen LogP contribution in [0.2, 0.25) is 0 Å². The summed E-state index contributed by atoms with van der Waals surface area (Å²) in [5, 5.41) is 3.40. The van der Waals surface area contributed by atoms with Gasteiger partial charge >= 0.3 is 0 Å². The number of carbonyl (C=O) groups excluding carboxylic acids is 1. The molecule has 19 heavy (non-hydrogen) atoms. The van der Waals surface area contributed by atoms with E-state index in [-0.39, 0.29) is 11.7 Å². The standard InChI is InChI=1S/C16H17NO2/c1-19-12-7-8-13-15(9-12)17-14(10-16(13)18)11-5-3-2-4-6-11/h2-3,5,7,9-10,13,17H,4,6,8H2,1H3. The van der Waals surface area contributed by atoms with E-state index in [0.717, 1.165) is 30.0 Å². The summed E-state index contributed by atoms with van der Waals surface area (Å²) in [7, 11) is 1.65. The van der Waals surface area contributed by atoms with Crippen molar-refractivity contribution >= 4 is 5.78 Å². The molecule has 1 N–H and O–H groups in total. The summed E-state index contributed by atoms with van der Waals surface area (Å²) in [6, 6.07) is 0. The average Bonchev–Trinajstić information content (AvgIpc) is 2.47. The number of ether oxygens (including phenoxy) is 1. The van der Waals surface area contributed by atoms with E-state index >= 15 is 0 Å². The van der Waals surface area contributed by atoms with E-state index in [1.165, 1.54) is 5.57 Å². The van der Waals surface area contributed by atoms with E-state index in [1.54, 1.807) is 13.2 Å². The third-order valence-electron chi connectivity index (χ3n) is 3.73. The predicted octanol–water partition coefficient (Wildman–Crippen LogP) is 2.75. The van der Waals surface area contributed by atoms with Gasteiger partial charge in [-0.2, -0.15) is 0 Å². The fraction of sp³-hybridized carbons (Fsp3) is 0.312. The number of ketones is 1. The van der Waals surface area contributed by atoms with Crippen LogP contribution in [-0.4, -0.2) is 12.9 Å². The molecule has 3 rings (SSSR count). The van der Waals surface area contributed by atoms with Gasteiger partial charge in [-0.15, -0.1) is 0 Å². The van der Waals surface area contributed by atoms with Gasteiger partial charge in [0.25, 0.3) is 0 Å². The molecule has 1 aliphatic heterocycles. The number of nitrogens with one attached hydrogen (secondary N) is 1. The van der Waals surface area contributed by atoms with Crippen LogP contribution < -0.4 is 5.32 Å². The van der Waals surface area contributed by atoms with E-state index in [0.29, 0.717) is 6.42 Å². The number of rotatable bonds is 2. The SMILES string of the molecule is COC1=CCC2C(=O)C=C(C3=CC=CCC3)NC2=C1. The maximum Gasteiger partial charge on any atom is 0.167 e. The van der Waals surface area contributed by atoms with E-state index in [1.807, 2.05) is 18.2 Å². The molecule has 0 fully saturated rings.